The first-order valence-corrected chi connectivity index (χ1v) is 8.55. The number of carbonyl (C=O) groups excluding carboxylic acids is 2. The van der Waals surface area contributed by atoms with Gasteiger partial charge in [0.2, 0.25) is 5.91 Å². The zero-order valence-corrected chi connectivity index (χ0v) is 14.9. The number of amides is 2. The van der Waals surface area contributed by atoms with Crippen LogP contribution in [0.2, 0.25) is 0 Å². The molecule has 2 amide bonds. The molecule has 3 rings (SSSR count). The summed E-state index contributed by atoms with van der Waals surface area (Å²) >= 11 is 0. The Morgan fingerprint density at radius 1 is 1.44 bits per heavy atom. The lowest BCUT2D eigenvalue weighted by atomic mass is 10.1. The smallest absolute Gasteiger partial charge is 0.282 e. The highest BCUT2D eigenvalue weighted by Gasteiger charge is 2.28. The van der Waals surface area contributed by atoms with Crippen molar-refractivity contribution < 1.29 is 14.5 Å². The average molecular weight is 372 g/mol. The summed E-state index contributed by atoms with van der Waals surface area (Å²) in [7, 11) is 0. The third-order valence-corrected chi connectivity index (χ3v) is 4.31. The van der Waals surface area contributed by atoms with Gasteiger partial charge in [0.25, 0.3) is 11.6 Å². The first kappa shape index (κ1) is 18.5. The fraction of sp³-hybridized carbons (Fsp3) is 0.353. The minimum atomic E-state index is -0.627. The van der Waals surface area contributed by atoms with Crippen LogP contribution in [0.25, 0.3) is 0 Å². The highest BCUT2D eigenvalue weighted by molar-refractivity contribution is 6.06. The van der Waals surface area contributed by atoms with E-state index in [1.807, 2.05) is 6.92 Å². The Balaban J connectivity index is 1.88. The number of anilines is 1. The van der Waals surface area contributed by atoms with E-state index < -0.39 is 17.1 Å². The Labute approximate surface area is 155 Å². The van der Waals surface area contributed by atoms with Gasteiger partial charge in [0.1, 0.15) is 11.4 Å². The van der Waals surface area contributed by atoms with Gasteiger partial charge < -0.3 is 10.6 Å². The molecular formula is C17H20N6O4. The Kier molecular flexibility index (Phi) is 5.17. The van der Waals surface area contributed by atoms with Crippen molar-refractivity contribution in [3.63, 3.8) is 0 Å². The number of carbonyl (C=O) groups is 2. The van der Waals surface area contributed by atoms with Gasteiger partial charge in [-0.15, -0.1) is 0 Å². The molecule has 1 aliphatic rings. The zero-order chi connectivity index (χ0) is 19.6. The van der Waals surface area contributed by atoms with E-state index in [4.69, 9.17) is 0 Å². The summed E-state index contributed by atoms with van der Waals surface area (Å²) in [5.74, 6) is -0.419. The number of nitrogens with zero attached hydrogens (tertiary/aromatic N) is 3. The van der Waals surface area contributed by atoms with Gasteiger partial charge in [-0.25, -0.2) is 4.68 Å². The first-order valence-electron chi connectivity index (χ1n) is 8.55. The van der Waals surface area contributed by atoms with E-state index in [1.54, 1.807) is 19.1 Å². The third-order valence-electron chi connectivity index (χ3n) is 4.31. The van der Waals surface area contributed by atoms with Crippen LogP contribution < -0.4 is 16.0 Å². The molecule has 10 heteroatoms. The minimum Gasteiger partial charge on any atom is -0.322 e. The average Bonchev–Trinajstić information content (AvgIpc) is 3.01. The second-order valence-corrected chi connectivity index (χ2v) is 6.29. The molecule has 0 saturated carbocycles. The SMILES string of the molecule is CCC1CC(=O)NC(n2nc(C)cc2NC(=O)c2ccccc2[N+](=O)[O-])N1. The number of nitro groups is 1. The van der Waals surface area contributed by atoms with Gasteiger partial charge in [0, 0.05) is 24.6 Å². The lowest BCUT2D eigenvalue weighted by Crippen LogP contribution is -2.53. The molecule has 3 N–H and O–H groups in total. The summed E-state index contributed by atoms with van der Waals surface area (Å²) in [4.78, 5) is 35.1. The number of para-hydroxylation sites is 1. The summed E-state index contributed by atoms with van der Waals surface area (Å²) in [5, 5.41) is 24.2. The van der Waals surface area contributed by atoms with Gasteiger partial charge >= 0.3 is 0 Å². The van der Waals surface area contributed by atoms with E-state index >= 15 is 0 Å². The van der Waals surface area contributed by atoms with Crippen molar-refractivity contribution in [1.82, 2.24) is 20.4 Å². The number of hydrogen-bond donors (Lipinski definition) is 3. The van der Waals surface area contributed by atoms with Crippen LogP contribution in [0.5, 0.6) is 0 Å². The number of rotatable bonds is 5. The topological polar surface area (TPSA) is 131 Å². The Bertz CT molecular complexity index is 893. The van der Waals surface area contributed by atoms with E-state index in [-0.39, 0.29) is 23.2 Å². The van der Waals surface area contributed by atoms with E-state index in [0.717, 1.165) is 6.42 Å². The predicted molar refractivity (Wildman–Crippen MR) is 97.0 cm³/mol. The van der Waals surface area contributed by atoms with Crippen LogP contribution in [0, 0.1) is 17.0 Å². The molecule has 10 nitrogen and oxygen atoms in total. The van der Waals surface area contributed by atoms with Crippen molar-refractivity contribution in [3.8, 4) is 0 Å². The number of benzene rings is 1. The summed E-state index contributed by atoms with van der Waals surface area (Å²) in [6.07, 6.45) is 0.513. The molecule has 2 heterocycles. The van der Waals surface area contributed by atoms with Crippen molar-refractivity contribution in [2.24, 2.45) is 0 Å². The van der Waals surface area contributed by atoms with Crippen LogP contribution in [0.3, 0.4) is 0 Å². The van der Waals surface area contributed by atoms with Gasteiger partial charge in [-0.2, -0.15) is 5.10 Å². The van der Waals surface area contributed by atoms with Crippen LogP contribution in [-0.4, -0.2) is 32.6 Å². The first-order chi connectivity index (χ1) is 12.9. The molecule has 1 aromatic heterocycles. The maximum absolute atomic E-state index is 12.6. The monoisotopic (exact) mass is 372 g/mol. The summed E-state index contributed by atoms with van der Waals surface area (Å²) in [6.45, 7) is 3.72. The van der Waals surface area contributed by atoms with Crippen molar-refractivity contribution >= 4 is 23.3 Å². The van der Waals surface area contributed by atoms with Gasteiger partial charge in [-0.1, -0.05) is 19.1 Å². The molecule has 142 valence electrons. The van der Waals surface area contributed by atoms with Crippen LogP contribution in [0.4, 0.5) is 11.5 Å². The van der Waals surface area contributed by atoms with Crippen molar-refractivity contribution in [2.45, 2.75) is 39.0 Å². The predicted octanol–water partition coefficient (Wildman–Crippen LogP) is 1.70. The van der Waals surface area contributed by atoms with Crippen LogP contribution in [0.15, 0.2) is 30.3 Å². The van der Waals surface area contributed by atoms with Gasteiger partial charge in [-0.05, 0) is 19.4 Å². The maximum Gasteiger partial charge on any atom is 0.282 e. The number of hydrogen-bond acceptors (Lipinski definition) is 6. The van der Waals surface area contributed by atoms with Gasteiger partial charge in [-0.3, -0.25) is 25.0 Å². The van der Waals surface area contributed by atoms with Crippen LogP contribution in [0.1, 0.15) is 42.1 Å². The van der Waals surface area contributed by atoms with E-state index in [1.165, 1.54) is 22.9 Å². The standard InChI is InChI=1S/C17H20N6O4/c1-3-11-9-15(24)20-17(18-11)22-14(8-10(2)21-22)19-16(25)12-6-4-5-7-13(12)23(26)27/h4-8,11,17-18H,3,9H2,1-2H3,(H,19,25)(H,20,24). The van der Waals surface area contributed by atoms with E-state index in [9.17, 15) is 19.7 Å². The van der Waals surface area contributed by atoms with Crippen LogP contribution >= 0.6 is 0 Å². The molecule has 1 aliphatic heterocycles. The third kappa shape index (κ3) is 3.95. The minimum absolute atomic E-state index is 0.00739. The summed E-state index contributed by atoms with van der Waals surface area (Å²) in [6, 6.07) is 7.33. The molecule has 2 atom stereocenters. The maximum atomic E-state index is 12.6. The lowest BCUT2D eigenvalue weighted by molar-refractivity contribution is -0.385. The second kappa shape index (κ2) is 7.54. The molecule has 2 aromatic rings. The van der Waals surface area contributed by atoms with Gasteiger partial charge in [0.05, 0.1) is 10.6 Å². The normalized spacial score (nSPS) is 19.4. The number of aryl methyl sites for hydroxylation is 1. The van der Waals surface area contributed by atoms with Crippen molar-refractivity contribution in [1.29, 1.82) is 0 Å². The Morgan fingerprint density at radius 3 is 2.89 bits per heavy atom. The van der Waals surface area contributed by atoms with Crippen molar-refractivity contribution in [3.05, 3.63) is 51.7 Å². The molecule has 27 heavy (non-hydrogen) atoms. The molecule has 2 unspecified atom stereocenters. The van der Waals surface area contributed by atoms with Gasteiger partial charge in [0.15, 0.2) is 6.29 Å². The number of nitro benzene ring substituents is 1. The summed E-state index contributed by atoms with van der Waals surface area (Å²) in [5.41, 5.74) is 0.287. The fourth-order valence-corrected chi connectivity index (χ4v) is 2.97. The summed E-state index contributed by atoms with van der Waals surface area (Å²) < 4.78 is 1.46. The molecular weight excluding hydrogens is 352 g/mol. The molecule has 1 saturated heterocycles. The Hall–Kier alpha value is -3.27. The Morgan fingerprint density at radius 2 is 2.19 bits per heavy atom. The molecule has 1 fully saturated rings. The largest absolute Gasteiger partial charge is 0.322 e. The highest BCUT2D eigenvalue weighted by Crippen LogP contribution is 2.22. The quantitative estimate of drug-likeness (QED) is 0.541. The van der Waals surface area contributed by atoms with E-state index in [0.29, 0.717) is 17.9 Å². The number of nitrogens with one attached hydrogen (secondary N) is 3. The molecule has 0 radical (unpaired) electrons. The zero-order valence-electron chi connectivity index (χ0n) is 14.9. The van der Waals surface area contributed by atoms with Crippen LogP contribution in [-0.2, 0) is 4.79 Å². The molecule has 1 aromatic carbocycles. The fourth-order valence-electron chi connectivity index (χ4n) is 2.97. The van der Waals surface area contributed by atoms with E-state index in [2.05, 4.69) is 21.0 Å². The molecule has 0 bridgehead atoms. The number of aromatic nitrogens is 2. The molecule has 0 aliphatic carbocycles. The molecule has 0 spiro atoms. The lowest BCUT2D eigenvalue weighted by Gasteiger charge is -2.31. The van der Waals surface area contributed by atoms with Crippen molar-refractivity contribution in [2.75, 3.05) is 5.32 Å². The highest BCUT2D eigenvalue weighted by atomic mass is 16.6. The second-order valence-electron chi connectivity index (χ2n) is 6.29.